The van der Waals surface area contributed by atoms with E-state index in [0.717, 1.165) is 16.8 Å². The smallest absolute Gasteiger partial charge is 0.338 e. The van der Waals surface area contributed by atoms with Crippen molar-refractivity contribution in [3.63, 3.8) is 0 Å². The molecule has 0 heterocycles. The zero-order valence-corrected chi connectivity index (χ0v) is 18.7. The lowest BCUT2D eigenvalue weighted by atomic mass is 10.0. The molecule has 0 saturated heterocycles. The summed E-state index contributed by atoms with van der Waals surface area (Å²) in [6.07, 6.45) is 0.0214. The number of esters is 2. The third-order valence-corrected chi connectivity index (χ3v) is 4.75. The van der Waals surface area contributed by atoms with Gasteiger partial charge in [0.05, 0.1) is 31.4 Å². The van der Waals surface area contributed by atoms with Gasteiger partial charge in [0.15, 0.2) is 0 Å². The summed E-state index contributed by atoms with van der Waals surface area (Å²) in [4.78, 5) is 28.8. The molecule has 0 N–H and O–H groups in total. The van der Waals surface area contributed by atoms with E-state index in [1.807, 2.05) is 60.7 Å². The van der Waals surface area contributed by atoms with Gasteiger partial charge in [0.2, 0.25) is 0 Å². The molecule has 0 saturated carbocycles. The highest BCUT2D eigenvalue weighted by Gasteiger charge is 2.14. The number of carbonyl (C=O) groups excluding carboxylic acids is 2. The van der Waals surface area contributed by atoms with Crippen LogP contribution >= 0.6 is 0 Å². The minimum Gasteiger partial charge on any atom is -0.469 e. The van der Waals surface area contributed by atoms with Gasteiger partial charge < -0.3 is 9.47 Å². The van der Waals surface area contributed by atoms with Crippen molar-refractivity contribution in [3.05, 3.63) is 107 Å². The second-order valence-electron chi connectivity index (χ2n) is 7.07. The molecule has 5 nitrogen and oxygen atoms in total. The number of hydrogen-bond donors (Lipinski definition) is 0. The molecule has 3 aromatic rings. The van der Waals surface area contributed by atoms with E-state index in [2.05, 4.69) is 11.8 Å². The van der Waals surface area contributed by atoms with E-state index >= 15 is 0 Å². The van der Waals surface area contributed by atoms with Crippen LogP contribution in [0.4, 0.5) is 0 Å². The van der Waals surface area contributed by atoms with E-state index in [1.165, 1.54) is 7.11 Å². The first-order valence-corrected chi connectivity index (χ1v) is 10.6. The zero-order valence-electron chi connectivity index (χ0n) is 18.7. The van der Waals surface area contributed by atoms with E-state index in [9.17, 15) is 9.59 Å². The normalized spacial score (nSPS) is 10.8. The topological polar surface area (TPSA) is 65.0 Å². The number of methoxy groups -OCH3 is 1. The minimum atomic E-state index is -0.613. The van der Waals surface area contributed by atoms with Crippen molar-refractivity contribution in [2.45, 2.75) is 19.4 Å². The first kappa shape index (κ1) is 23.5. The van der Waals surface area contributed by atoms with Crippen molar-refractivity contribution < 1.29 is 19.1 Å². The average molecular weight is 440 g/mol. The average Bonchev–Trinajstić information content (AvgIpc) is 2.87. The Bertz CT molecular complexity index is 1120. The lowest BCUT2D eigenvalue weighted by Crippen LogP contribution is -2.15. The van der Waals surface area contributed by atoms with E-state index in [-0.39, 0.29) is 12.4 Å². The number of ether oxygens (including phenoxy) is 2. The molecule has 33 heavy (non-hydrogen) atoms. The monoisotopic (exact) mass is 439 g/mol. The van der Waals surface area contributed by atoms with Gasteiger partial charge in [-0.15, -0.1) is 0 Å². The molecule has 0 aliphatic carbocycles. The quantitative estimate of drug-likeness (QED) is 0.305. The van der Waals surface area contributed by atoms with E-state index in [4.69, 9.17) is 14.5 Å². The van der Waals surface area contributed by atoms with Crippen molar-refractivity contribution in [1.29, 1.82) is 0 Å². The Morgan fingerprint density at radius 3 is 1.94 bits per heavy atom. The zero-order chi connectivity index (χ0) is 23.5. The van der Waals surface area contributed by atoms with Crippen LogP contribution in [0, 0.1) is 11.8 Å². The molecule has 0 aliphatic heterocycles. The second kappa shape index (κ2) is 12.0. The summed E-state index contributed by atoms with van der Waals surface area (Å²) in [5.41, 5.74) is 3.77. The Kier molecular flexibility index (Phi) is 8.55. The van der Waals surface area contributed by atoms with Crippen LogP contribution in [0.1, 0.15) is 40.4 Å². The summed E-state index contributed by atoms with van der Waals surface area (Å²) in [6.45, 7) is 2.08. The fraction of sp³-hybridized carbons (Fsp3) is 0.179. The number of carbonyl (C=O) groups is 2. The maximum Gasteiger partial charge on any atom is 0.338 e. The predicted octanol–water partition coefficient (Wildman–Crippen LogP) is 4.68. The Morgan fingerprint density at radius 2 is 1.42 bits per heavy atom. The van der Waals surface area contributed by atoms with Gasteiger partial charge in [0.25, 0.3) is 0 Å². The number of hydrogen-bond acceptors (Lipinski definition) is 5. The summed E-state index contributed by atoms with van der Waals surface area (Å²) < 4.78 is 9.87. The lowest BCUT2D eigenvalue weighted by Gasteiger charge is -2.11. The SMILES string of the molecule is CCOC(=O)c1ccc(C#CC(CC(=O)OC)N=C(c2ccccc2)c2ccccc2)cc1. The molecule has 3 rings (SSSR count). The van der Waals surface area contributed by atoms with E-state index in [1.54, 1.807) is 31.2 Å². The first-order chi connectivity index (χ1) is 16.1. The van der Waals surface area contributed by atoms with Crippen LogP contribution in [-0.2, 0) is 14.3 Å². The largest absolute Gasteiger partial charge is 0.469 e. The standard InChI is InChI=1S/C28H25NO4/c1-3-33-28(31)24-17-14-21(15-18-24)16-19-25(20-26(30)32-2)29-27(22-10-6-4-7-11-22)23-12-8-5-9-13-23/h4-15,17-18,25H,3,20H2,1-2H3. The maximum atomic E-state index is 12.1. The van der Waals surface area contributed by atoms with Crippen LogP contribution in [-0.4, -0.2) is 37.4 Å². The molecule has 5 heteroatoms. The Balaban J connectivity index is 1.96. The molecule has 1 atom stereocenters. The van der Waals surface area contributed by atoms with Gasteiger partial charge in [-0.05, 0) is 31.2 Å². The summed E-state index contributed by atoms with van der Waals surface area (Å²) in [6, 6.07) is 25.8. The summed E-state index contributed by atoms with van der Waals surface area (Å²) in [5, 5.41) is 0. The molecule has 1 unspecified atom stereocenters. The third kappa shape index (κ3) is 6.91. The molecule has 0 fully saturated rings. The molecule has 3 aromatic carbocycles. The number of nitrogens with zero attached hydrogens (tertiary/aromatic N) is 1. The molecular weight excluding hydrogens is 414 g/mol. The van der Waals surface area contributed by atoms with E-state index < -0.39 is 12.0 Å². The molecule has 166 valence electrons. The van der Waals surface area contributed by atoms with Crippen LogP contribution in [0.15, 0.2) is 89.9 Å². The van der Waals surface area contributed by atoms with Crippen molar-refractivity contribution >= 4 is 17.7 Å². The molecule has 0 bridgehead atoms. The van der Waals surface area contributed by atoms with E-state index in [0.29, 0.717) is 17.7 Å². The molecular formula is C28H25NO4. The van der Waals surface area contributed by atoms with Crippen LogP contribution in [0.5, 0.6) is 0 Å². The van der Waals surface area contributed by atoms with Gasteiger partial charge in [-0.2, -0.15) is 0 Å². The highest BCUT2D eigenvalue weighted by atomic mass is 16.5. The van der Waals surface area contributed by atoms with Gasteiger partial charge in [0, 0.05) is 16.7 Å². The lowest BCUT2D eigenvalue weighted by molar-refractivity contribution is -0.140. The van der Waals surface area contributed by atoms with Crippen molar-refractivity contribution in [3.8, 4) is 11.8 Å². The highest BCUT2D eigenvalue weighted by Crippen LogP contribution is 2.14. The number of aliphatic imine (C=N–C) groups is 1. The van der Waals surface area contributed by atoms with Gasteiger partial charge in [0.1, 0.15) is 6.04 Å². The summed E-state index contributed by atoms with van der Waals surface area (Å²) >= 11 is 0. The van der Waals surface area contributed by atoms with Gasteiger partial charge in [-0.1, -0.05) is 72.5 Å². The molecule has 0 aromatic heterocycles. The van der Waals surface area contributed by atoms with Crippen molar-refractivity contribution in [1.82, 2.24) is 0 Å². The maximum absolute atomic E-state index is 12.1. The van der Waals surface area contributed by atoms with Crippen LogP contribution in [0.25, 0.3) is 0 Å². The summed E-state index contributed by atoms with van der Waals surface area (Å²) in [7, 11) is 1.35. The number of rotatable bonds is 7. The van der Waals surface area contributed by atoms with Crippen LogP contribution in [0.3, 0.4) is 0 Å². The van der Waals surface area contributed by atoms with Crippen LogP contribution in [0.2, 0.25) is 0 Å². The predicted molar refractivity (Wildman–Crippen MR) is 128 cm³/mol. The highest BCUT2D eigenvalue weighted by molar-refractivity contribution is 6.13. The van der Waals surface area contributed by atoms with Gasteiger partial charge in [-0.3, -0.25) is 9.79 Å². The minimum absolute atomic E-state index is 0.0214. The first-order valence-electron chi connectivity index (χ1n) is 10.6. The molecule has 0 radical (unpaired) electrons. The Morgan fingerprint density at radius 1 is 0.848 bits per heavy atom. The molecule has 0 aliphatic rings. The van der Waals surface area contributed by atoms with Crippen LogP contribution < -0.4 is 0 Å². The third-order valence-electron chi connectivity index (χ3n) is 4.75. The van der Waals surface area contributed by atoms with Crippen molar-refractivity contribution in [2.24, 2.45) is 4.99 Å². The second-order valence-corrected chi connectivity index (χ2v) is 7.07. The molecule has 0 amide bonds. The van der Waals surface area contributed by atoms with Crippen molar-refractivity contribution in [2.75, 3.05) is 13.7 Å². The van der Waals surface area contributed by atoms with Gasteiger partial charge in [-0.25, -0.2) is 4.79 Å². The Labute approximate surface area is 194 Å². The fourth-order valence-corrected chi connectivity index (χ4v) is 3.10. The fourth-order valence-electron chi connectivity index (χ4n) is 3.10. The van der Waals surface area contributed by atoms with Gasteiger partial charge >= 0.3 is 11.9 Å². The summed E-state index contributed by atoms with van der Waals surface area (Å²) in [5.74, 6) is 5.39. The molecule has 0 spiro atoms. The number of benzene rings is 3. The Hall–Kier alpha value is -4.17.